The van der Waals surface area contributed by atoms with E-state index < -0.39 is 0 Å². The van der Waals surface area contributed by atoms with Crippen molar-refractivity contribution < 1.29 is 4.74 Å². The fourth-order valence-corrected chi connectivity index (χ4v) is 1.70. The van der Waals surface area contributed by atoms with Crippen LogP contribution in [0, 0.1) is 0 Å². The summed E-state index contributed by atoms with van der Waals surface area (Å²) < 4.78 is 5.59. The van der Waals surface area contributed by atoms with E-state index in [-0.39, 0.29) is 6.10 Å². The van der Waals surface area contributed by atoms with Crippen LogP contribution in [0.4, 0.5) is 0 Å². The van der Waals surface area contributed by atoms with Crippen LogP contribution in [0.5, 0.6) is 5.75 Å². The molecule has 3 N–H and O–H groups in total. The number of hydrogen-bond acceptors (Lipinski definition) is 3. The van der Waals surface area contributed by atoms with E-state index in [0.717, 1.165) is 22.6 Å². The van der Waals surface area contributed by atoms with Crippen molar-refractivity contribution in [1.82, 2.24) is 10.2 Å². The van der Waals surface area contributed by atoms with Gasteiger partial charge in [0.1, 0.15) is 5.75 Å². The molecule has 0 atom stereocenters. The molecule has 0 spiro atoms. The van der Waals surface area contributed by atoms with Crippen molar-refractivity contribution in [3.63, 3.8) is 0 Å². The lowest BCUT2D eigenvalue weighted by molar-refractivity contribution is 0.242. The molecule has 4 nitrogen and oxygen atoms in total. The fourth-order valence-electron chi connectivity index (χ4n) is 1.70. The first-order valence-corrected chi connectivity index (χ1v) is 5.70. The molecule has 0 saturated carbocycles. The minimum Gasteiger partial charge on any atom is -0.491 e. The van der Waals surface area contributed by atoms with Crippen molar-refractivity contribution in [2.45, 2.75) is 26.5 Å². The van der Waals surface area contributed by atoms with Gasteiger partial charge in [-0.25, -0.2) is 0 Å². The molecule has 1 heterocycles. The Kier molecular flexibility index (Phi) is 3.44. The predicted octanol–water partition coefficient (Wildman–Crippen LogP) is 2.32. The minimum atomic E-state index is 0.189. The smallest absolute Gasteiger partial charge is 0.119 e. The lowest BCUT2D eigenvalue weighted by Crippen LogP contribution is -2.05. The van der Waals surface area contributed by atoms with Crippen molar-refractivity contribution in [3.8, 4) is 16.9 Å². The molecule has 0 radical (unpaired) electrons. The van der Waals surface area contributed by atoms with Gasteiger partial charge in [0.25, 0.3) is 0 Å². The molecule has 0 fully saturated rings. The first-order chi connectivity index (χ1) is 8.20. The maximum atomic E-state index is 5.63. The molecule has 4 heteroatoms. The average Bonchev–Trinajstić information content (AvgIpc) is 2.77. The third-order valence-corrected chi connectivity index (χ3v) is 2.46. The number of hydrogen-bond donors (Lipinski definition) is 2. The largest absolute Gasteiger partial charge is 0.491 e. The number of aromatic amines is 1. The molecule has 2 aromatic rings. The molecule has 1 aromatic heterocycles. The number of benzene rings is 1. The quantitative estimate of drug-likeness (QED) is 0.848. The van der Waals surface area contributed by atoms with Crippen LogP contribution >= 0.6 is 0 Å². The lowest BCUT2D eigenvalue weighted by atomic mass is 10.1. The molecule has 0 saturated heterocycles. The summed E-state index contributed by atoms with van der Waals surface area (Å²) in [6.45, 7) is 4.48. The summed E-state index contributed by atoms with van der Waals surface area (Å²) in [7, 11) is 0. The Morgan fingerprint density at radius 3 is 2.59 bits per heavy atom. The molecule has 0 amide bonds. The highest BCUT2D eigenvalue weighted by molar-refractivity contribution is 5.65. The molecular formula is C13H17N3O. The van der Waals surface area contributed by atoms with Gasteiger partial charge in [0, 0.05) is 12.1 Å². The Morgan fingerprint density at radius 1 is 1.29 bits per heavy atom. The van der Waals surface area contributed by atoms with Crippen LogP contribution in [0.1, 0.15) is 19.5 Å². The zero-order valence-electron chi connectivity index (χ0n) is 10.1. The molecule has 2 rings (SSSR count). The van der Waals surface area contributed by atoms with Crippen LogP contribution in [-0.4, -0.2) is 16.3 Å². The van der Waals surface area contributed by atoms with Gasteiger partial charge in [0.2, 0.25) is 0 Å². The van der Waals surface area contributed by atoms with E-state index in [1.165, 1.54) is 0 Å². The second-order valence-electron chi connectivity index (χ2n) is 4.16. The summed E-state index contributed by atoms with van der Waals surface area (Å²) in [6, 6.07) is 7.95. The monoisotopic (exact) mass is 231 g/mol. The van der Waals surface area contributed by atoms with E-state index in [1.807, 2.05) is 38.1 Å². The number of nitrogens with zero attached hydrogens (tertiary/aromatic N) is 1. The van der Waals surface area contributed by atoms with Gasteiger partial charge in [-0.2, -0.15) is 5.10 Å². The number of ether oxygens (including phenoxy) is 1. The maximum Gasteiger partial charge on any atom is 0.119 e. The predicted molar refractivity (Wildman–Crippen MR) is 67.7 cm³/mol. The van der Waals surface area contributed by atoms with Crippen molar-refractivity contribution in [3.05, 3.63) is 36.2 Å². The molecule has 1 aromatic carbocycles. The molecular weight excluding hydrogens is 214 g/mol. The van der Waals surface area contributed by atoms with Gasteiger partial charge in [-0.05, 0) is 31.5 Å². The van der Waals surface area contributed by atoms with Crippen LogP contribution in [0.15, 0.2) is 30.5 Å². The normalized spacial score (nSPS) is 10.8. The number of rotatable bonds is 4. The van der Waals surface area contributed by atoms with Crippen LogP contribution in [0.3, 0.4) is 0 Å². The first kappa shape index (κ1) is 11.7. The zero-order valence-corrected chi connectivity index (χ0v) is 10.1. The highest BCUT2D eigenvalue weighted by atomic mass is 16.5. The molecule has 0 aliphatic rings. The second-order valence-corrected chi connectivity index (χ2v) is 4.16. The average molecular weight is 231 g/mol. The summed E-state index contributed by atoms with van der Waals surface area (Å²) in [5.41, 5.74) is 8.72. The summed E-state index contributed by atoms with van der Waals surface area (Å²) in [5.74, 6) is 0.876. The molecule has 0 aliphatic carbocycles. The van der Waals surface area contributed by atoms with E-state index in [2.05, 4.69) is 10.2 Å². The van der Waals surface area contributed by atoms with Crippen LogP contribution in [0.25, 0.3) is 11.1 Å². The van der Waals surface area contributed by atoms with E-state index in [9.17, 15) is 0 Å². The number of nitrogens with two attached hydrogens (primary N) is 1. The van der Waals surface area contributed by atoms with E-state index in [4.69, 9.17) is 10.5 Å². The van der Waals surface area contributed by atoms with E-state index in [1.54, 1.807) is 6.20 Å². The van der Waals surface area contributed by atoms with Gasteiger partial charge >= 0.3 is 0 Å². The minimum absolute atomic E-state index is 0.189. The van der Waals surface area contributed by atoms with Crippen molar-refractivity contribution >= 4 is 0 Å². The first-order valence-electron chi connectivity index (χ1n) is 5.70. The molecule has 0 unspecified atom stereocenters. The number of aromatic nitrogens is 2. The summed E-state index contributed by atoms with van der Waals surface area (Å²) >= 11 is 0. The van der Waals surface area contributed by atoms with Gasteiger partial charge < -0.3 is 10.5 Å². The molecule has 90 valence electrons. The summed E-state index contributed by atoms with van der Waals surface area (Å²) in [4.78, 5) is 0. The third kappa shape index (κ3) is 2.65. The number of nitrogens with one attached hydrogen (secondary N) is 1. The van der Waals surface area contributed by atoms with E-state index >= 15 is 0 Å². The van der Waals surface area contributed by atoms with Crippen molar-refractivity contribution in [1.29, 1.82) is 0 Å². The van der Waals surface area contributed by atoms with Gasteiger partial charge in [0.05, 0.1) is 18.0 Å². The SMILES string of the molecule is CC(C)Oc1ccc(-c2cn[nH]c2CN)cc1. The Morgan fingerprint density at radius 2 is 2.00 bits per heavy atom. The second kappa shape index (κ2) is 5.01. The summed E-state index contributed by atoms with van der Waals surface area (Å²) in [6.07, 6.45) is 1.98. The topological polar surface area (TPSA) is 63.9 Å². The Hall–Kier alpha value is -1.81. The van der Waals surface area contributed by atoms with Crippen LogP contribution in [-0.2, 0) is 6.54 Å². The fraction of sp³-hybridized carbons (Fsp3) is 0.308. The number of H-pyrrole nitrogens is 1. The van der Waals surface area contributed by atoms with Crippen molar-refractivity contribution in [2.24, 2.45) is 5.73 Å². The highest BCUT2D eigenvalue weighted by Gasteiger charge is 2.06. The van der Waals surface area contributed by atoms with Gasteiger partial charge in [-0.15, -0.1) is 0 Å². The van der Waals surface area contributed by atoms with Crippen LogP contribution in [0.2, 0.25) is 0 Å². The Balaban J connectivity index is 2.23. The Bertz CT molecular complexity index is 474. The van der Waals surface area contributed by atoms with Gasteiger partial charge in [-0.1, -0.05) is 12.1 Å². The van der Waals surface area contributed by atoms with Gasteiger partial charge in [0.15, 0.2) is 0 Å². The Labute approximate surface area is 101 Å². The zero-order chi connectivity index (χ0) is 12.3. The van der Waals surface area contributed by atoms with E-state index in [0.29, 0.717) is 6.54 Å². The molecule has 0 aliphatic heterocycles. The standard InChI is InChI=1S/C13H17N3O/c1-9(2)17-11-5-3-10(4-6-11)12-8-15-16-13(12)7-14/h3-6,8-9H,7,14H2,1-2H3,(H,15,16). The third-order valence-electron chi connectivity index (χ3n) is 2.46. The maximum absolute atomic E-state index is 5.63. The lowest BCUT2D eigenvalue weighted by Gasteiger charge is -2.10. The molecule has 0 bridgehead atoms. The summed E-state index contributed by atoms with van der Waals surface area (Å²) in [5, 5.41) is 6.90. The molecule has 17 heavy (non-hydrogen) atoms. The van der Waals surface area contributed by atoms with Crippen molar-refractivity contribution in [2.75, 3.05) is 0 Å². The van der Waals surface area contributed by atoms with Crippen LogP contribution < -0.4 is 10.5 Å². The highest BCUT2D eigenvalue weighted by Crippen LogP contribution is 2.24. The van der Waals surface area contributed by atoms with Gasteiger partial charge in [-0.3, -0.25) is 5.10 Å².